The number of hydrogen-bond acceptors (Lipinski definition) is 3. The molecule has 1 fully saturated rings. The van der Waals surface area contributed by atoms with Crippen LogP contribution in [-0.4, -0.2) is 40.5 Å². The Balaban J connectivity index is 1.96. The molecule has 1 saturated heterocycles. The Hall–Kier alpha value is -1.88. The Morgan fingerprint density at radius 3 is 2.72 bits per heavy atom. The Morgan fingerprint density at radius 2 is 2.00 bits per heavy atom. The molecule has 0 aromatic heterocycles. The Kier molecular flexibility index (Phi) is 2.56. The van der Waals surface area contributed by atoms with E-state index in [2.05, 4.69) is 5.32 Å². The second-order valence-electron chi connectivity index (χ2n) is 4.70. The molecule has 5 heteroatoms. The monoisotopic (exact) mass is 246 g/mol. The average Bonchev–Trinajstić information content (AvgIpc) is 2.41. The SMILES string of the molecule is O=C1N[C@@H](CO)C(=O)N2Cc3ccccc3C[C@@H]12. The molecular weight excluding hydrogens is 232 g/mol. The molecule has 94 valence electrons. The van der Waals surface area contributed by atoms with Crippen LogP contribution in [0.25, 0.3) is 0 Å². The lowest BCUT2D eigenvalue weighted by molar-refractivity contribution is -0.151. The molecule has 0 unspecified atom stereocenters. The van der Waals surface area contributed by atoms with Gasteiger partial charge >= 0.3 is 0 Å². The molecule has 2 heterocycles. The van der Waals surface area contributed by atoms with Gasteiger partial charge in [0.05, 0.1) is 6.61 Å². The summed E-state index contributed by atoms with van der Waals surface area (Å²) in [5, 5.41) is 11.7. The van der Waals surface area contributed by atoms with E-state index in [0.717, 1.165) is 11.1 Å². The number of rotatable bonds is 1. The number of nitrogens with one attached hydrogen (secondary N) is 1. The summed E-state index contributed by atoms with van der Waals surface area (Å²) in [5.41, 5.74) is 2.19. The molecule has 2 atom stereocenters. The molecule has 2 amide bonds. The van der Waals surface area contributed by atoms with E-state index >= 15 is 0 Å². The molecule has 0 saturated carbocycles. The maximum Gasteiger partial charge on any atom is 0.248 e. The molecular formula is C13H14N2O3. The Labute approximate surface area is 104 Å². The van der Waals surface area contributed by atoms with Crippen LogP contribution in [0.15, 0.2) is 24.3 Å². The van der Waals surface area contributed by atoms with Gasteiger partial charge in [-0.1, -0.05) is 24.3 Å². The van der Waals surface area contributed by atoms with Gasteiger partial charge in [-0.05, 0) is 11.1 Å². The van der Waals surface area contributed by atoms with E-state index < -0.39 is 12.1 Å². The zero-order valence-corrected chi connectivity index (χ0v) is 9.80. The highest BCUT2D eigenvalue weighted by Gasteiger charge is 2.42. The van der Waals surface area contributed by atoms with Crippen LogP contribution in [-0.2, 0) is 22.6 Å². The van der Waals surface area contributed by atoms with Crippen LogP contribution in [0.1, 0.15) is 11.1 Å². The number of amides is 2. The first-order chi connectivity index (χ1) is 8.70. The second-order valence-corrected chi connectivity index (χ2v) is 4.70. The molecule has 0 aliphatic carbocycles. The number of piperazine rings is 1. The van der Waals surface area contributed by atoms with Gasteiger partial charge in [0.15, 0.2) is 0 Å². The van der Waals surface area contributed by atoms with E-state index in [1.807, 2.05) is 24.3 Å². The maximum absolute atomic E-state index is 12.1. The molecule has 0 radical (unpaired) electrons. The first-order valence-electron chi connectivity index (χ1n) is 5.99. The van der Waals surface area contributed by atoms with Gasteiger partial charge < -0.3 is 15.3 Å². The first kappa shape index (κ1) is 11.2. The molecule has 18 heavy (non-hydrogen) atoms. The minimum absolute atomic E-state index is 0.178. The lowest BCUT2D eigenvalue weighted by Gasteiger charge is -2.41. The fraction of sp³-hybridized carbons (Fsp3) is 0.385. The van der Waals surface area contributed by atoms with Crippen LogP contribution in [0.2, 0.25) is 0 Å². The summed E-state index contributed by atoms with van der Waals surface area (Å²) in [5.74, 6) is -0.375. The number of fused-ring (bicyclic) bond motifs is 2. The van der Waals surface area contributed by atoms with Crippen LogP contribution in [0.3, 0.4) is 0 Å². The molecule has 5 nitrogen and oxygen atoms in total. The van der Waals surface area contributed by atoms with E-state index in [-0.39, 0.29) is 18.4 Å². The number of carbonyl (C=O) groups is 2. The summed E-state index contributed by atoms with van der Waals surface area (Å²) < 4.78 is 0. The van der Waals surface area contributed by atoms with Crippen LogP contribution in [0.5, 0.6) is 0 Å². The summed E-state index contributed by atoms with van der Waals surface area (Å²) >= 11 is 0. The maximum atomic E-state index is 12.1. The quantitative estimate of drug-likeness (QED) is 0.697. The van der Waals surface area contributed by atoms with Crippen molar-refractivity contribution >= 4 is 11.8 Å². The van der Waals surface area contributed by atoms with Crippen LogP contribution < -0.4 is 5.32 Å². The standard InChI is InChI=1S/C13H14N2O3/c16-7-10-13(18)15-6-9-4-2-1-3-8(9)5-11(15)12(17)14-10/h1-4,10-11,16H,5-7H2,(H,14,17)/t10-,11-/m0/s1. The van der Waals surface area contributed by atoms with Crippen molar-refractivity contribution in [1.82, 2.24) is 10.2 Å². The predicted octanol–water partition coefficient (Wildman–Crippen LogP) is -0.569. The van der Waals surface area contributed by atoms with Crippen molar-refractivity contribution in [3.63, 3.8) is 0 Å². The molecule has 3 rings (SSSR count). The zero-order chi connectivity index (χ0) is 12.7. The van der Waals surface area contributed by atoms with Crippen molar-refractivity contribution in [2.45, 2.75) is 25.0 Å². The van der Waals surface area contributed by atoms with Crippen LogP contribution in [0, 0.1) is 0 Å². The van der Waals surface area contributed by atoms with Gasteiger partial charge in [0.1, 0.15) is 12.1 Å². The molecule has 1 aromatic carbocycles. The minimum atomic E-state index is -0.793. The number of nitrogens with zero attached hydrogens (tertiary/aromatic N) is 1. The highest BCUT2D eigenvalue weighted by Crippen LogP contribution is 2.26. The smallest absolute Gasteiger partial charge is 0.248 e. The molecule has 2 aliphatic heterocycles. The summed E-state index contributed by atoms with van der Waals surface area (Å²) in [6.45, 7) is 0.0963. The number of benzene rings is 1. The number of hydrogen-bond donors (Lipinski definition) is 2. The van der Waals surface area contributed by atoms with Crippen molar-refractivity contribution in [2.24, 2.45) is 0 Å². The minimum Gasteiger partial charge on any atom is -0.394 e. The van der Waals surface area contributed by atoms with E-state index in [4.69, 9.17) is 5.11 Å². The van der Waals surface area contributed by atoms with Crippen molar-refractivity contribution in [2.75, 3.05) is 6.61 Å². The van der Waals surface area contributed by atoms with Gasteiger partial charge in [0.25, 0.3) is 0 Å². The van der Waals surface area contributed by atoms with Gasteiger partial charge in [0, 0.05) is 13.0 Å². The van der Waals surface area contributed by atoms with Gasteiger partial charge in [0.2, 0.25) is 11.8 Å². The molecule has 0 spiro atoms. The van der Waals surface area contributed by atoms with E-state index in [1.165, 1.54) is 0 Å². The van der Waals surface area contributed by atoms with E-state index in [0.29, 0.717) is 13.0 Å². The fourth-order valence-corrected chi connectivity index (χ4v) is 2.64. The third-order valence-corrected chi connectivity index (χ3v) is 3.63. The summed E-state index contributed by atoms with van der Waals surface area (Å²) in [7, 11) is 0. The highest BCUT2D eigenvalue weighted by molar-refractivity contribution is 5.97. The number of aliphatic hydroxyl groups is 1. The summed E-state index contributed by atoms with van der Waals surface area (Å²) in [6.07, 6.45) is 0.548. The first-order valence-corrected chi connectivity index (χ1v) is 5.99. The van der Waals surface area contributed by atoms with Gasteiger partial charge in [-0.3, -0.25) is 9.59 Å². The topological polar surface area (TPSA) is 69.6 Å². The number of aliphatic hydroxyl groups excluding tert-OH is 1. The molecule has 1 aromatic rings. The van der Waals surface area contributed by atoms with Crippen LogP contribution >= 0.6 is 0 Å². The Morgan fingerprint density at radius 1 is 1.28 bits per heavy atom. The third-order valence-electron chi connectivity index (χ3n) is 3.63. The van der Waals surface area contributed by atoms with E-state index in [1.54, 1.807) is 4.90 Å². The van der Waals surface area contributed by atoms with Crippen LogP contribution in [0.4, 0.5) is 0 Å². The lowest BCUT2D eigenvalue weighted by atomic mass is 9.91. The third kappa shape index (κ3) is 1.59. The summed E-state index contributed by atoms with van der Waals surface area (Å²) in [4.78, 5) is 25.6. The molecule has 2 N–H and O–H groups in total. The number of carbonyl (C=O) groups excluding carboxylic acids is 2. The zero-order valence-electron chi connectivity index (χ0n) is 9.80. The highest BCUT2D eigenvalue weighted by atomic mass is 16.3. The van der Waals surface area contributed by atoms with Crippen molar-refractivity contribution in [1.29, 1.82) is 0 Å². The van der Waals surface area contributed by atoms with Gasteiger partial charge in [-0.25, -0.2) is 0 Å². The fourth-order valence-electron chi connectivity index (χ4n) is 2.64. The summed E-state index contributed by atoms with van der Waals surface area (Å²) in [6, 6.07) is 6.60. The van der Waals surface area contributed by atoms with Crippen molar-refractivity contribution < 1.29 is 14.7 Å². The van der Waals surface area contributed by atoms with Crippen molar-refractivity contribution in [3.05, 3.63) is 35.4 Å². The van der Waals surface area contributed by atoms with Crippen molar-refractivity contribution in [3.8, 4) is 0 Å². The van der Waals surface area contributed by atoms with E-state index in [9.17, 15) is 9.59 Å². The van der Waals surface area contributed by atoms with Gasteiger partial charge in [-0.15, -0.1) is 0 Å². The van der Waals surface area contributed by atoms with Gasteiger partial charge in [-0.2, -0.15) is 0 Å². The molecule has 0 bridgehead atoms. The predicted molar refractivity (Wildman–Crippen MR) is 63.5 cm³/mol. The normalized spacial score (nSPS) is 26.4. The Bertz CT molecular complexity index is 515. The largest absolute Gasteiger partial charge is 0.394 e. The average molecular weight is 246 g/mol. The lowest BCUT2D eigenvalue weighted by Crippen LogP contribution is -2.65. The second kappa shape index (κ2) is 4.10. The molecule has 2 aliphatic rings.